The lowest BCUT2D eigenvalue weighted by Crippen LogP contribution is -2.45. The molecule has 0 bridgehead atoms. The first-order chi connectivity index (χ1) is 15.4. The summed E-state index contributed by atoms with van der Waals surface area (Å²) in [5.41, 5.74) is 1.08. The van der Waals surface area contributed by atoms with Gasteiger partial charge in [-0.05, 0) is 42.5 Å². The van der Waals surface area contributed by atoms with Crippen LogP contribution in [0.25, 0.3) is 5.69 Å². The first-order valence-electron chi connectivity index (χ1n) is 9.91. The summed E-state index contributed by atoms with van der Waals surface area (Å²) in [7, 11) is 1.52. The van der Waals surface area contributed by atoms with E-state index in [1.54, 1.807) is 48.8 Å². The fourth-order valence-corrected chi connectivity index (χ4v) is 3.68. The second-order valence-electron chi connectivity index (χ2n) is 7.30. The van der Waals surface area contributed by atoms with E-state index in [0.29, 0.717) is 22.8 Å². The summed E-state index contributed by atoms with van der Waals surface area (Å²) in [4.78, 5) is 27.2. The molecule has 8 nitrogen and oxygen atoms in total. The van der Waals surface area contributed by atoms with Crippen molar-refractivity contribution in [2.24, 2.45) is 0 Å². The third-order valence-corrected chi connectivity index (χ3v) is 5.49. The van der Waals surface area contributed by atoms with E-state index in [1.807, 2.05) is 0 Å². The topological polar surface area (TPSA) is 88.5 Å². The van der Waals surface area contributed by atoms with E-state index in [0.717, 1.165) is 0 Å². The number of carbonyl (C=O) groups excluding carboxylic acids is 2. The number of rotatable bonds is 5. The molecule has 2 aromatic carbocycles. The summed E-state index contributed by atoms with van der Waals surface area (Å²) in [5, 5.41) is 9.94. The van der Waals surface area contributed by atoms with E-state index in [1.165, 1.54) is 28.8 Å². The summed E-state index contributed by atoms with van der Waals surface area (Å²) < 4.78 is 21.5. The van der Waals surface area contributed by atoms with Crippen molar-refractivity contribution in [1.82, 2.24) is 14.7 Å². The number of urea groups is 1. The Hall–Kier alpha value is -3.43. The zero-order valence-corrected chi connectivity index (χ0v) is 17.9. The van der Waals surface area contributed by atoms with Gasteiger partial charge >= 0.3 is 6.03 Å². The number of carbonyl (C=O) groups is 2. The smallest absolute Gasteiger partial charge is 0.322 e. The predicted molar refractivity (Wildman–Crippen MR) is 119 cm³/mol. The predicted octanol–water partition coefficient (Wildman–Crippen LogP) is 3.92. The van der Waals surface area contributed by atoms with Gasteiger partial charge in [0.15, 0.2) is 0 Å². The van der Waals surface area contributed by atoms with Gasteiger partial charge in [0.25, 0.3) is 0 Å². The van der Waals surface area contributed by atoms with Crippen molar-refractivity contribution in [1.29, 1.82) is 0 Å². The Morgan fingerprint density at radius 2 is 1.97 bits per heavy atom. The molecule has 0 unspecified atom stereocenters. The molecule has 2 N–H and O–H groups in total. The molecule has 1 aromatic heterocycles. The molecule has 32 heavy (non-hydrogen) atoms. The molecule has 10 heteroatoms. The zero-order valence-electron chi connectivity index (χ0n) is 17.2. The Balaban J connectivity index is 1.48. The lowest BCUT2D eigenvalue weighted by atomic mass is 10.1. The molecule has 0 saturated carbocycles. The van der Waals surface area contributed by atoms with E-state index >= 15 is 0 Å². The quantitative estimate of drug-likeness (QED) is 0.607. The van der Waals surface area contributed by atoms with Crippen LogP contribution in [0.15, 0.2) is 60.9 Å². The van der Waals surface area contributed by atoms with E-state index < -0.39 is 23.8 Å². The fraction of sp³-hybridized carbons (Fsp3) is 0.227. The SMILES string of the molecule is CO[C@@H]1C[C@H](C(=O)Nc2ccc(-n3cccn3)cc2F)N(C(=O)Nc2ccc(Cl)cc2)C1. The minimum atomic E-state index is -0.822. The van der Waals surface area contributed by atoms with Crippen LogP contribution in [0.2, 0.25) is 5.02 Å². The van der Waals surface area contributed by atoms with Gasteiger partial charge in [-0.3, -0.25) is 4.79 Å². The van der Waals surface area contributed by atoms with Gasteiger partial charge in [-0.25, -0.2) is 13.9 Å². The number of nitrogens with zero attached hydrogens (tertiary/aromatic N) is 3. The Labute approximate surface area is 188 Å². The lowest BCUT2D eigenvalue weighted by molar-refractivity contribution is -0.119. The number of methoxy groups -OCH3 is 1. The largest absolute Gasteiger partial charge is 0.380 e. The summed E-state index contributed by atoms with van der Waals surface area (Å²) in [6, 6.07) is 11.5. The molecule has 1 aliphatic rings. The van der Waals surface area contributed by atoms with E-state index in [9.17, 15) is 14.0 Å². The molecule has 3 amide bonds. The Morgan fingerprint density at radius 3 is 2.62 bits per heavy atom. The third kappa shape index (κ3) is 4.74. The van der Waals surface area contributed by atoms with Crippen LogP contribution in [0.4, 0.5) is 20.6 Å². The van der Waals surface area contributed by atoms with Crippen LogP contribution in [0.1, 0.15) is 6.42 Å². The summed E-state index contributed by atoms with van der Waals surface area (Å²) in [5.74, 6) is -1.11. The van der Waals surface area contributed by atoms with Gasteiger partial charge in [0.1, 0.15) is 11.9 Å². The van der Waals surface area contributed by atoms with Gasteiger partial charge in [-0.1, -0.05) is 11.6 Å². The summed E-state index contributed by atoms with van der Waals surface area (Å²) in [6.07, 6.45) is 3.26. The van der Waals surface area contributed by atoms with Gasteiger partial charge in [-0.2, -0.15) is 5.10 Å². The highest BCUT2D eigenvalue weighted by atomic mass is 35.5. The van der Waals surface area contributed by atoms with Crippen molar-refractivity contribution in [3.63, 3.8) is 0 Å². The highest BCUT2D eigenvalue weighted by molar-refractivity contribution is 6.30. The van der Waals surface area contributed by atoms with Gasteiger partial charge in [0.2, 0.25) is 5.91 Å². The number of nitrogens with one attached hydrogen (secondary N) is 2. The molecule has 2 atom stereocenters. The first kappa shape index (κ1) is 21.8. The number of amides is 3. The van der Waals surface area contributed by atoms with Gasteiger partial charge < -0.3 is 20.3 Å². The number of hydrogen-bond acceptors (Lipinski definition) is 4. The average molecular weight is 458 g/mol. The van der Waals surface area contributed by atoms with Crippen molar-refractivity contribution in [2.75, 3.05) is 24.3 Å². The minimum absolute atomic E-state index is 0.0184. The van der Waals surface area contributed by atoms with E-state index in [2.05, 4.69) is 15.7 Å². The molecule has 2 heterocycles. The lowest BCUT2D eigenvalue weighted by Gasteiger charge is -2.24. The van der Waals surface area contributed by atoms with E-state index in [-0.39, 0.29) is 18.3 Å². The molecule has 1 aliphatic heterocycles. The highest BCUT2D eigenvalue weighted by Gasteiger charge is 2.40. The maximum absolute atomic E-state index is 14.6. The van der Waals surface area contributed by atoms with Gasteiger partial charge in [-0.15, -0.1) is 0 Å². The monoisotopic (exact) mass is 457 g/mol. The molecular weight excluding hydrogens is 437 g/mol. The number of benzene rings is 2. The molecular formula is C22H21ClFN5O3. The molecule has 1 fully saturated rings. The van der Waals surface area contributed by atoms with Crippen LogP contribution in [-0.2, 0) is 9.53 Å². The summed E-state index contributed by atoms with van der Waals surface area (Å²) >= 11 is 5.88. The number of ether oxygens (including phenoxy) is 1. The van der Waals surface area contributed by atoms with Crippen LogP contribution in [0.3, 0.4) is 0 Å². The van der Waals surface area contributed by atoms with Crippen molar-refractivity contribution in [3.05, 3.63) is 71.8 Å². The number of anilines is 2. The van der Waals surface area contributed by atoms with Crippen LogP contribution in [-0.4, -0.2) is 52.4 Å². The van der Waals surface area contributed by atoms with Gasteiger partial charge in [0, 0.05) is 49.2 Å². The van der Waals surface area contributed by atoms with Crippen LogP contribution in [0, 0.1) is 5.82 Å². The van der Waals surface area contributed by atoms with Crippen molar-refractivity contribution in [3.8, 4) is 5.69 Å². The van der Waals surface area contributed by atoms with Crippen LogP contribution >= 0.6 is 11.6 Å². The van der Waals surface area contributed by atoms with Crippen molar-refractivity contribution in [2.45, 2.75) is 18.6 Å². The number of halogens is 2. The maximum Gasteiger partial charge on any atom is 0.322 e. The molecule has 0 spiro atoms. The van der Waals surface area contributed by atoms with Crippen molar-refractivity contribution >= 4 is 34.9 Å². The molecule has 166 valence electrons. The summed E-state index contributed by atoms with van der Waals surface area (Å²) in [6.45, 7) is 0.231. The molecule has 4 rings (SSSR count). The van der Waals surface area contributed by atoms with Crippen LogP contribution in [0.5, 0.6) is 0 Å². The molecule has 3 aromatic rings. The van der Waals surface area contributed by atoms with Crippen LogP contribution < -0.4 is 10.6 Å². The Morgan fingerprint density at radius 1 is 1.19 bits per heavy atom. The third-order valence-electron chi connectivity index (χ3n) is 5.23. The standard InChI is InChI=1S/C22H21ClFN5O3/c1-32-17-12-20(28(13-17)22(31)26-15-5-3-14(23)4-6-15)21(30)27-19-8-7-16(11-18(19)24)29-10-2-9-25-29/h2-11,17,20H,12-13H2,1H3,(H,26,31)(H,27,30)/t17-,20-/m1/s1. The Bertz CT molecular complexity index is 1110. The second-order valence-corrected chi connectivity index (χ2v) is 7.74. The number of aromatic nitrogens is 2. The minimum Gasteiger partial charge on any atom is -0.380 e. The second kappa shape index (κ2) is 9.37. The number of likely N-dealkylation sites (tertiary alicyclic amines) is 1. The highest BCUT2D eigenvalue weighted by Crippen LogP contribution is 2.25. The van der Waals surface area contributed by atoms with E-state index in [4.69, 9.17) is 16.3 Å². The first-order valence-corrected chi connectivity index (χ1v) is 10.3. The van der Waals surface area contributed by atoms with Gasteiger partial charge in [0.05, 0.1) is 17.5 Å². The number of hydrogen-bond donors (Lipinski definition) is 2. The normalized spacial score (nSPS) is 17.9. The van der Waals surface area contributed by atoms with Crippen molar-refractivity contribution < 1.29 is 18.7 Å². The molecule has 0 radical (unpaired) electrons. The fourth-order valence-electron chi connectivity index (χ4n) is 3.56. The molecule has 1 saturated heterocycles. The molecule has 0 aliphatic carbocycles. The Kier molecular flexibility index (Phi) is 6.38. The average Bonchev–Trinajstić information content (AvgIpc) is 3.47. The maximum atomic E-state index is 14.6. The zero-order chi connectivity index (χ0) is 22.7.